The molecule has 0 radical (unpaired) electrons. The van der Waals surface area contributed by atoms with E-state index < -0.39 is 29.3 Å². The van der Waals surface area contributed by atoms with Gasteiger partial charge in [-0.05, 0) is 53.6 Å². The van der Waals surface area contributed by atoms with Crippen LogP contribution in [0.15, 0.2) is 72.3 Å². The van der Waals surface area contributed by atoms with Crippen LogP contribution in [0.2, 0.25) is 5.02 Å². The highest BCUT2D eigenvalue weighted by Crippen LogP contribution is 2.41. The highest BCUT2D eigenvalue weighted by molar-refractivity contribution is 6.46. The van der Waals surface area contributed by atoms with Gasteiger partial charge in [-0.1, -0.05) is 35.9 Å². The Labute approximate surface area is 194 Å². The average molecular weight is 468 g/mol. The third-order valence-corrected chi connectivity index (χ3v) is 5.73. The molecule has 1 amide bonds. The maximum absolute atomic E-state index is 13.3. The molecule has 1 saturated heterocycles. The number of phenols is 1. The SMILES string of the molecule is COc1cc(/C(O)=C2/C(=O)C(=O)N(Cc3ccc(F)cc3)C2c2cccc(O)c2)ccc1Cl. The van der Waals surface area contributed by atoms with Crippen LogP contribution in [0.5, 0.6) is 11.5 Å². The van der Waals surface area contributed by atoms with Crippen molar-refractivity contribution < 1.29 is 28.9 Å². The van der Waals surface area contributed by atoms with Gasteiger partial charge in [0.2, 0.25) is 0 Å². The number of nitrogens with zero attached hydrogens (tertiary/aromatic N) is 1. The van der Waals surface area contributed by atoms with E-state index >= 15 is 0 Å². The topological polar surface area (TPSA) is 87.1 Å². The first kappa shape index (κ1) is 22.4. The van der Waals surface area contributed by atoms with E-state index in [9.17, 15) is 24.2 Å². The Balaban J connectivity index is 1.87. The summed E-state index contributed by atoms with van der Waals surface area (Å²) in [5.41, 5.74) is 1.12. The predicted molar refractivity (Wildman–Crippen MR) is 120 cm³/mol. The number of amides is 1. The van der Waals surface area contributed by atoms with E-state index in [0.29, 0.717) is 16.1 Å². The Morgan fingerprint density at radius 3 is 2.48 bits per heavy atom. The fourth-order valence-electron chi connectivity index (χ4n) is 3.83. The molecule has 4 rings (SSSR count). The second-order valence-electron chi connectivity index (χ2n) is 7.50. The van der Waals surface area contributed by atoms with E-state index in [-0.39, 0.29) is 29.2 Å². The maximum Gasteiger partial charge on any atom is 0.295 e. The van der Waals surface area contributed by atoms with Crippen LogP contribution in [0.1, 0.15) is 22.7 Å². The Morgan fingerprint density at radius 2 is 1.82 bits per heavy atom. The number of ether oxygens (including phenoxy) is 1. The summed E-state index contributed by atoms with van der Waals surface area (Å²) in [6, 6.07) is 15.1. The number of phenolic OH excluding ortho intramolecular Hbond substituents is 1. The lowest BCUT2D eigenvalue weighted by Crippen LogP contribution is -2.29. The summed E-state index contributed by atoms with van der Waals surface area (Å²) in [7, 11) is 1.42. The summed E-state index contributed by atoms with van der Waals surface area (Å²) in [5.74, 6) is -2.31. The molecule has 1 aliphatic rings. The molecule has 1 aliphatic heterocycles. The predicted octanol–water partition coefficient (Wildman–Crippen LogP) is 4.82. The van der Waals surface area contributed by atoms with E-state index in [1.165, 1.54) is 66.6 Å². The molecule has 1 unspecified atom stereocenters. The first-order chi connectivity index (χ1) is 15.8. The first-order valence-electron chi connectivity index (χ1n) is 9.96. The van der Waals surface area contributed by atoms with Gasteiger partial charge in [0.25, 0.3) is 11.7 Å². The van der Waals surface area contributed by atoms with Crippen molar-refractivity contribution in [3.8, 4) is 11.5 Å². The van der Waals surface area contributed by atoms with Crippen LogP contribution < -0.4 is 4.74 Å². The number of hydrogen-bond acceptors (Lipinski definition) is 5. The van der Waals surface area contributed by atoms with Gasteiger partial charge < -0.3 is 19.8 Å². The summed E-state index contributed by atoms with van der Waals surface area (Å²) >= 11 is 6.07. The maximum atomic E-state index is 13.3. The number of hydrogen-bond donors (Lipinski definition) is 2. The number of methoxy groups -OCH3 is 1. The normalized spacial score (nSPS) is 17.4. The Bertz CT molecular complexity index is 1270. The fraction of sp³-hybridized carbons (Fsp3) is 0.120. The van der Waals surface area contributed by atoms with E-state index in [2.05, 4.69) is 0 Å². The lowest BCUT2D eigenvalue weighted by molar-refractivity contribution is -0.140. The second-order valence-corrected chi connectivity index (χ2v) is 7.90. The number of aliphatic hydroxyl groups excluding tert-OH is 1. The molecule has 0 saturated carbocycles. The number of aliphatic hydroxyl groups is 1. The fourth-order valence-corrected chi connectivity index (χ4v) is 4.03. The molecule has 33 heavy (non-hydrogen) atoms. The van der Waals surface area contributed by atoms with Gasteiger partial charge >= 0.3 is 0 Å². The number of Topliss-reactive ketones (excluding diaryl/α,β-unsaturated/α-hetero) is 1. The molecule has 1 heterocycles. The van der Waals surface area contributed by atoms with Crippen molar-refractivity contribution in [1.82, 2.24) is 4.90 Å². The molecule has 3 aromatic rings. The number of likely N-dealkylation sites (tertiary alicyclic amines) is 1. The molecule has 0 aromatic heterocycles. The molecule has 8 heteroatoms. The lowest BCUT2D eigenvalue weighted by Gasteiger charge is -2.25. The summed E-state index contributed by atoms with van der Waals surface area (Å²) < 4.78 is 18.5. The molecular formula is C25H19ClFNO5. The number of halogens is 2. The van der Waals surface area contributed by atoms with Crippen LogP contribution in [0.25, 0.3) is 5.76 Å². The zero-order valence-electron chi connectivity index (χ0n) is 17.5. The number of carbonyl (C=O) groups excluding carboxylic acids is 2. The van der Waals surface area contributed by atoms with Gasteiger partial charge in [-0.3, -0.25) is 9.59 Å². The number of rotatable bonds is 5. The van der Waals surface area contributed by atoms with Crippen LogP contribution in [-0.4, -0.2) is 33.9 Å². The van der Waals surface area contributed by atoms with Crippen LogP contribution in [0, 0.1) is 5.82 Å². The van der Waals surface area contributed by atoms with E-state index in [0.717, 1.165) is 0 Å². The van der Waals surface area contributed by atoms with Gasteiger partial charge in [0, 0.05) is 12.1 Å². The average Bonchev–Trinajstić information content (AvgIpc) is 3.05. The van der Waals surface area contributed by atoms with E-state index in [1.807, 2.05) is 0 Å². The molecule has 1 atom stereocenters. The Kier molecular flexibility index (Phi) is 6.07. The minimum Gasteiger partial charge on any atom is -0.508 e. The number of ketones is 1. The van der Waals surface area contributed by atoms with Crippen molar-refractivity contribution in [3.63, 3.8) is 0 Å². The standard InChI is InChI=1S/C25H19ClFNO5/c1-33-20-12-16(7-10-19(20)26)23(30)21-22(15-3-2-4-18(29)11-15)28(25(32)24(21)31)13-14-5-8-17(27)9-6-14/h2-12,22,29-30H,13H2,1H3/b23-21-. The summed E-state index contributed by atoms with van der Waals surface area (Å²) in [6.07, 6.45) is 0. The van der Waals surface area contributed by atoms with Crippen molar-refractivity contribution in [1.29, 1.82) is 0 Å². The number of benzene rings is 3. The van der Waals surface area contributed by atoms with Gasteiger partial charge in [0.05, 0.1) is 23.7 Å². The van der Waals surface area contributed by atoms with Crippen molar-refractivity contribution >= 4 is 29.1 Å². The highest BCUT2D eigenvalue weighted by atomic mass is 35.5. The molecule has 0 bridgehead atoms. The van der Waals surface area contributed by atoms with E-state index in [1.54, 1.807) is 12.1 Å². The van der Waals surface area contributed by atoms with Crippen LogP contribution >= 0.6 is 11.6 Å². The molecule has 0 spiro atoms. The minimum absolute atomic E-state index is 0.00804. The molecule has 168 valence electrons. The molecule has 1 fully saturated rings. The lowest BCUT2D eigenvalue weighted by atomic mass is 9.95. The molecule has 2 N–H and O–H groups in total. The van der Waals surface area contributed by atoms with Gasteiger partial charge in [-0.25, -0.2) is 4.39 Å². The summed E-state index contributed by atoms with van der Waals surface area (Å²) in [4.78, 5) is 27.4. The van der Waals surface area contributed by atoms with Gasteiger partial charge in [-0.2, -0.15) is 0 Å². The largest absolute Gasteiger partial charge is 0.508 e. The number of carbonyl (C=O) groups is 2. The quantitative estimate of drug-likeness (QED) is 0.319. The smallest absolute Gasteiger partial charge is 0.295 e. The molecule has 3 aromatic carbocycles. The zero-order chi connectivity index (χ0) is 23.7. The summed E-state index contributed by atoms with van der Waals surface area (Å²) in [6.45, 7) is -0.00804. The second kappa shape index (κ2) is 8.96. The van der Waals surface area contributed by atoms with Crippen molar-refractivity contribution in [2.24, 2.45) is 0 Å². The first-order valence-corrected chi connectivity index (χ1v) is 10.3. The molecular weight excluding hydrogens is 449 g/mol. The van der Waals surface area contributed by atoms with Gasteiger partial charge in [0.15, 0.2) is 0 Å². The van der Waals surface area contributed by atoms with Crippen LogP contribution in [-0.2, 0) is 16.1 Å². The van der Waals surface area contributed by atoms with Gasteiger partial charge in [-0.15, -0.1) is 0 Å². The Morgan fingerprint density at radius 1 is 1.09 bits per heavy atom. The number of aromatic hydroxyl groups is 1. The van der Waals surface area contributed by atoms with Crippen molar-refractivity contribution in [2.75, 3.05) is 7.11 Å². The van der Waals surface area contributed by atoms with Crippen molar-refractivity contribution in [3.05, 3.63) is 99.8 Å². The minimum atomic E-state index is -0.983. The third kappa shape index (κ3) is 4.27. The van der Waals surface area contributed by atoms with Gasteiger partial charge in [0.1, 0.15) is 23.1 Å². The molecule has 6 nitrogen and oxygen atoms in total. The summed E-state index contributed by atoms with van der Waals surface area (Å²) in [5, 5.41) is 21.4. The van der Waals surface area contributed by atoms with Crippen molar-refractivity contribution in [2.45, 2.75) is 12.6 Å². The van der Waals surface area contributed by atoms with Crippen LogP contribution in [0.3, 0.4) is 0 Å². The van der Waals surface area contributed by atoms with E-state index in [4.69, 9.17) is 16.3 Å². The monoisotopic (exact) mass is 467 g/mol. The van der Waals surface area contributed by atoms with Crippen LogP contribution in [0.4, 0.5) is 4.39 Å². The third-order valence-electron chi connectivity index (χ3n) is 5.42. The highest BCUT2D eigenvalue weighted by Gasteiger charge is 2.46. The molecule has 0 aliphatic carbocycles. The Hall–Kier alpha value is -3.84. The zero-order valence-corrected chi connectivity index (χ0v) is 18.2.